The van der Waals surface area contributed by atoms with Crippen LogP contribution in [0.4, 0.5) is 17.2 Å². The van der Waals surface area contributed by atoms with Gasteiger partial charge >= 0.3 is 70.8 Å². The third-order valence-electron chi connectivity index (χ3n) is 6.02. The first-order valence-corrected chi connectivity index (χ1v) is 16.7. The molecule has 0 fully saturated rings. The van der Waals surface area contributed by atoms with E-state index in [1.54, 1.807) is 50.4 Å². The molecule has 19 heteroatoms. The number of aromatic amines is 1. The second-order valence-electron chi connectivity index (χ2n) is 8.92. The molecule has 0 spiro atoms. The Kier molecular flexibility index (Phi) is 19.3. The number of aryl methyl sites for hydroxylation is 1. The van der Waals surface area contributed by atoms with Crippen molar-refractivity contribution in [1.82, 2.24) is 19.5 Å². The maximum absolute atomic E-state index is 11.7. The van der Waals surface area contributed by atoms with E-state index in [1.165, 1.54) is 17.0 Å². The third kappa shape index (κ3) is 10.9. The second kappa shape index (κ2) is 20.9. The van der Waals surface area contributed by atoms with Crippen molar-refractivity contribution in [3.63, 3.8) is 0 Å². The Balaban J connectivity index is 0. The minimum Gasteiger partial charge on any atom is -1.00 e. The zero-order valence-electron chi connectivity index (χ0n) is 28.5. The van der Waals surface area contributed by atoms with Gasteiger partial charge in [-0.2, -0.15) is 0 Å². The van der Waals surface area contributed by atoms with Crippen LogP contribution in [0.3, 0.4) is 0 Å². The zero-order chi connectivity index (χ0) is 34.1. The molecule has 12 nitrogen and oxygen atoms in total. The van der Waals surface area contributed by atoms with Gasteiger partial charge in [0.05, 0.1) is 34.4 Å². The molecule has 0 radical (unpaired) electrons. The number of alkyl halides is 1. The molecule has 0 aliphatic rings. The van der Waals surface area contributed by atoms with Gasteiger partial charge in [0.2, 0.25) is 0 Å². The Morgan fingerprint density at radius 3 is 1.88 bits per heavy atom. The Morgan fingerprint density at radius 1 is 0.833 bits per heavy atom. The van der Waals surface area contributed by atoms with E-state index >= 15 is 0 Å². The van der Waals surface area contributed by atoms with Gasteiger partial charge in [0.15, 0.2) is 11.4 Å². The molecular weight excluding hydrogens is 841 g/mol. The van der Waals surface area contributed by atoms with Crippen molar-refractivity contribution in [2.75, 3.05) is 28.7 Å². The van der Waals surface area contributed by atoms with E-state index in [0.29, 0.717) is 51.1 Å². The molecule has 0 bridgehead atoms. The number of H-pyrrole nitrogens is 1. The van der Waals surface area contributed by atoms with Crippen LogP contribution in [0.25, 0.3) is 11.2 Å². The zero-order valence-corrected chi connectivity index (χ0v) is 35.7. The third-order valence-corrected chi connectivity index (χ3v) is 7.78. The van der Waals surface area contributed by atoms with Gasteiger partial charge in [-0.1, -0.05) is 69.0 Å². The van der Waals surface area contributed by atoms with Crippen LogP contribution in [-0.2, 0) is 23.0 Å². The molecule has 5 aromatic rings. The SMILES string of the molecule is CCOC(=O)Cc1c(Oc2ccc(N)c(Cl)c2Cl)ccnc1N.CI.Cn1c(=O)[nH]c2nccc(Oc3ccc(N)c(Cl)c3Cl)c21.[H-].[H-].[Na+].[Na+]. The molecule has 0 aliphatic heterocycles. The summed E-state index contributed by atoms with van der Waals surface area (Å²) in [5, 5.41) is 0.798. The molecule has 7 N–H and O–H groups in total. The van der Waals surface area contributed by atoms with Crippen molar-refractivity contribution in [2.45, 2.75) is 13.3 Å². The fraction of sp³-hybridized carbons (Fsp3) is 0.172. The number of fused-ring (bicyclic) bond motifs is 1. The Bertz CT molecular complexity index is 1940. The van der Waals surface area contributed by atoms with Crippen molar-refractivity contribution >= 4 is 103 Å². The topological polar surface area (TPSA) is 186 Å². The van der Waals surface area contributed by atoms with Crippen molar-refractivity contribution in [2.24, 2.45) is 7.05 Å². The predicted octanol–water partition coefficient (Wildman–Crippen LogP) is 1.68. The summed E-state index contributed by atoms with van der Waals surface area (Å²) >= 11 is 26.4. The van der Waals surface area contributed by atoms with Crippen LogP contribution in [0, 0.1) is 0 Å². The smallest absolute Gasteiger partial charge is 1.00 e. The van der Waals surface area contributed by atoms with Crippen LogP contribution in [0.5, 0.6) is 23.0 Å². The molecule has 3 heterocycles. The van der Waals surface area contributed by atoms with Gasteiger partial charge < -0.3 is 34.3 Å². The van der Waals surface area contributed by atoms with Gasteiger partial charge in [-0.15, -0.1) is 0 Å². The number of halogens is 5. The van der Waals surface area contributed by atoms with Crippen molar-refractivity contribution in [3.05, 3.63) is 84.9 Å². The summed E-state index contributed by atoms with van der Waals surface area (Å²) in [6, 6.07) is 9.56. The summed E-state index contributed by atoms with van der Waals surface area (Å²) in [5.41, 5.74) is 19.0. The molecule has 5 rings (SSSR count). The molecule has 0 saturated carbocycles. The number of esters is 1. The molecule has 0 aliphatic carbocycles. The fourth-order valence-corrected chi connectivity index (χ4v) is 4.56. The number of nitrogens with two attached hydrogens (primary N) is 3. The first kappa shape index (κ1) is 44.4. The molecule has 48 heavy (non-hydrogen) atoms. The quantitative estimate of drug-likeness (QED) is 0.0617. The summed E-state index contributed by atoms with van der Waals surface area (Å²) < 4.78 is 17.8. The largest absolute Gasteiger partial charge is 1.00 e. The van der Waals surface area contributed by atoms with E-state index in [-0.39, 0.29) is 107 Å². The number of rotatable bonds is 7. The summed E-state index contributed by atoms with van der Waals surface area (Å²) in [5.74, 6) is 1.15. The number of aromatic nitrogens is 4. The first-order chi connectivity index (χ1) is 21.9. The number of hydrogen-bond donors (Lipinski definition) is 4. The van der Waals surface area contributed by atoms with Crippen LogP contribution >= 0.6 is 69.0 Å². The van der Waals surface area contributed by atoms with Crippen LogP contribution < -0.4 is 91.5 Å². The summed E-state index contributed by atoms with van der Waals surface area (Å²) in [7, 11) is 1.62. The maximum atomic E-state index is 11.7. The van der Waals surface area contributed by atoms with E-state index in [4.69, 9.17) is 77.8 Å². The van der Waals surface area contributed by atoms with Gasteiger partial charge in [-0.05, 0) is 42.2 Å². The Hall–Kier alpha value is -1.63. The van der Waals surface area contributed by atoms with E-state index in [9.17, 15) is 9.59 Å². The van der Waals surface area contributed by atoms with Crippen LogP contribution in [0.15, 0.2) is 53.6 Å². The molecule has 0 saturated heterocycles. The van der Waals surface area contributed by atoms with Crippen molar-refractivity contribution in [3.8, 4) is 23.0 Å². The maximum Gasteiger partial charge on any atom is 1.00 e. The number of benzene rings is 2. The predicted molar refractivity (Wildman–Crippen MR) is 194 cm³/mol. The van der Waals surface area contributed by atoms with E-state index in [0.717, 1.165) is 0 Å². The van der Waals surface area contributed by atoms with E-state index < -0.39 is 5.97 Å². The summed E-state index contributed by atoms with van der Waals surface area (Å²) in [4.78, 5) is 36.0. The average molecular weight is 871 g/mol. The average Bonchev–Trinajstić information content (AvgIpc) is 3.34. The molecule has 0 unspecified atom stereocenters. The van der Waals surface area contributed by atoms with Gasteiger partial charge in [0.25, 0.3) is 0 Å². The second-order valence-corrected chi connectivity index (χ2v) is 10.4. The van der Waals surface area contributed by atoms with E-state index in [2.05, 4.69) is 37.5 Å². The number of ether oxygens (including phenoxy) is 3. The monoisotopic (exact) mass is 869 g/mol. The van der Waals surface area contributed by atoms with Gasteiger partial charge in [-0.25, -0.2) is 14.8 Å². The standard InChI is InChI=1S/C15H15Cl2N3O3.C13H10Cl2N4O2.CH3I.2Na.2H/c1-2-22-12(21)7-8-10(5-6-20-15(8)19)23-11-4-3-9(18)13(16)14(11)17;1-19-11-8(4-5-17-12(11)18-13(19)20)21-7-3-2-6(16)9(14)10(7)15;1-2;;;;/h3-6H,2,7,18H2,1H3,(H2,19,20);2-5H,16H2,1H3,(H,17,18,20);1H3;;;;/q;;;2*+1;2*-1. The first-order valence-electron chi connectivity index (χ1n) is 13.1. The van der Waals surface area contributed by atoms with Crippen LogP contribution in [-0.4, -0.2) is 37.0 Å². The molecular formula is C29H30Cl4IN7Na2O5. The number of imidazole rings is 1. The summed E-state index contributed by atoms with van der Waals surface area (Å²) in [6.07, 6.45) is 2.93. The molecule has 3 aromatic heterocycles. The molecule has 2 aromatic carbocycles. The molecule has 248 valence electrons. The van der Waals surface area contributed by atoms with Gasteiger partial charge in [0.1, 0.15) is 38.6 Å². The van der Waals surface area contributed by atoms with Crippen LogP contribution in [0.1, 0.15) is 15.3 Å². The number of nitrogen functional groups attached to an aromatic ring is 3. The minimum atomic E-state index is -0.432. The van der Waals surface area contributed by atoms with Gasteiger partial charge in [0, 0.05) is 31.1 Å². The van der Waals surface area contributed by atoms with Gasteiger partial charge in [-0.3, -0.25) is 14.3 Å². The number of hydrogen-bond acceptors (Lipinski definition) is 10. The Labute approximate surface area is 357 Å². The van der Waals surface area contributed by atoms with Crippen molar-refractivity contribution < 1.29 is 81.0 Å². The minimum absolute atomic E-state index is 0. The van der Waals surface area contributed by atoms with Crippen molar-refractivity contribution in [1.29, 1.82) is 0 Å². The number of carbonyl (C=O) groups excluding carboxylic acids is 1. The van der Waals surface area contributed by atoms with E-state index in [1.807, 2.05) is 4.93 Å². The number of nitrogens with one attached hydrogen (secondary N) is 1. The molecule has 0 atom stereocenters. The normalized spacial score (nSPS) is 9.92. The fourth-order valence-electron chi connectivity index (χ4n) is 3.83. The number of carbonyl (C=O) groups is 1. The number of pyridine rings is 2. The van der Waals surface area contributed by atoms with Crippen LogP contribution in [0.2, 0.25) is 20.1 Å². The Morgan fingerprint density at radius 2 is 1.33 bits per heavy atom. The summed E-state index contributed by atoms with van der Waals surface area (Å²) in [6.45, 7) is 1.99. The number of nitrogens with zero attached hydrogens (tertiary/aromatic N) is 3. The number of anilines is 3. The molecule has 0 amide bonds.